The molecule has 1 amide bonds. The van der Waals surface area contributed by atoms with E-state index in [4.69, 9.17) is 14.0 Å². The summed E-state index contributed by atoms with van der Waals surface area (Å²) in [4.78, 5) is 11.8. The highest BCUT2D eigenvalue weighted by Gasteiger charge is 2.10. The molecule has 0 unspecified atom stereocenters. The molecular formula is C16H18N2O4. The standard InChI is InChI=1S/C16H18N2O4/c1-4-5-12-9-13(20-3)6-7-14(12)21-10-16(19)17-15-8-11(2)22-18-15/h4,6-9H,1,5,10H2,2-3H3,(H,17,18,19). The Balaban J connectivity index is 1.98. The van der Waals surface area contributed by atoms with Crippen LogP contribution in [0.5, 0.6) is 11.5 Å². The van der Waals surface area contributed by atoms with Gasteiger partial charge in [0.05, 0.1) is 7.11 Å². The third-order valence-corrected chi connectivity index (χ3v) is 2.89. The first-order valence-corrected chi connectivity index (χ1v) is 6.76. The largest absolute Gasteiger partial charge is 0.497 e. The van der Waals surface area contributed by atoms with Crippen molar-refractivity contribution < 1.29 is 18.8 Å². The van der Waals surface area contributed by atoms with Gasteiger partial charge in [-0.15, -0.1) is 6.58 Å². The first-order chi connectivity index (χ1) is 10.6. The Morgan fingerprint density at radius 3 is 2.91 bits per heavy atom. The highest BCUT2D eigenvalue weighted by molar-refractivity contribution is 5.90. The summed E-state index contributed by atoms with van der Waals surface area (Å²) >= 11 is 0. The number of rotatable bonds is 7. The van der Waals surface area contributed by atoms with Crippen LogP contribution in [0.1, 0.15) is 11.3 Å². The van der Waals surface area contributed by atoms with E-state index in [1.807, 2.05) is 6.07 Å². The van der Waals surface area contributed by atoms with Gasteiger partial charge in [0.25, 0.3) is 5.91 Å². The summed E-state index contributed by atoms with van der Waals surface area (Å²) < 4.78 is 15.6. The number of aromatic nitrogens is 1. The molecule has 0 atom stereocenters. The Morgan fingerprint density at radius 2 is 2.27 bits per heavy atom. The molecular weight excluding hydrogens is 284 g/mol. The molecule has 6 nitrogen and oxygen atoms in total. The highest BCUT2D eigenvalue weighted by atomic mass is 16.5. The Hall–Kier alpha value is -2.76. The Morgan fingerprint density at radius 1 is 1.45 bits per heavy atom. The third kappa shape index (κ3) is 4.12. The first-order valence-electron chi connectivity index (χ1n) is 6.76. The van der Waals surface area contributed by atoms with Gasteiger partial charge in [0.2, 0.25) is 0 Å². The van der Waals surface area contributed by atoms with Crippen molar-refractivity contribution in [1.29, 1.82) is 0 Å². The van der Waals surface area contributed by atoms with E-state index in [2.05, 4.69) is 17.1 Å². The topological polar surface area (TPSA) is 73.6 Å². The fraction of sp³-hybridized carbons (Fsp3) is 0.250. The van der Waals surface area contributed by atoms with Crippen molar-refractivity contribution in [2.24, 2.45) is 0 Å². The lowest BCUT2D eigenvalue weighted by atomic mass is 10.1. The van der Waals surface area contributed by atoms with Gasteiger partial charge in [0.15, 0.2) is 12.4 Å². The van der Waals surface area contributed by atoms with Crippen molar-refractivity contribution in [2.45, 2.75) is 13.3 Å². The van der Waals surface area contributed by atoms with Crippen LogP contribution < -0.4 is 14.8 Å². The number of ether oxygens (including phenoxy) is 2. The van der Waals surface area contributed by atoms with Gasteiger partial charge in [-0.25, -0.2) is 0 Å². The highest BCUT2D eigenvalue weighted by Crippen LogP contribution is 2.25. The fourth-order valence-corrected chi connectivity index (χ4v) is 1.89. The number of benzene rings is 1. The van der Waals surface area contributed by atoms with Crippen LogP contribution in [0.15, 0.2) is 41.4 Å². The molecule has 1 aromatic carbocycles. The van der Waals surface area contributed by atoms with Crippen molar-refractivity contribution in [3.8, 4) is 11.5 Å². The minimum atomic E-state index is -0.311. The maximum Gasteiger partial charge on any atom is 0.263 e. The number of aryl methyl sites for hydroxylation is 1. The van der Waals surface area contributed by atoms with E-state index in [-0.39, 0.29) is 12.5 Å². The van der Waals surface area contributed by atoms with Gasteiger partial charge in [-0.2, -0.15) is 0 Å². The summed E-state index contributed by atoms with van der Waals surface area (Å²) in [5.74, 6) is 2.03. The molecule has 0 spiro atoms. The lowest BCUT2D eigenvalue weighted by molar-refractivity contribution is -0.118. The number of nitrogens with one attached hydrogen (secondary N) is 1. The van der Waals surface area contributed by atoms with Crippen LogP contribution in [0, 0.1) is 6.92 Å². The molecule has 0 radical (unpaired) electrons. The first kappa shape index (κ1) is 15.6. The van der Waals surface area contributed by atoms with Crippen LogP contribution in [0.25, 0.3) is 0 Å². The minimum Gasteiger partial charge on any atom is -0.497 e. The van der Waals surface area contributed by atoms with E-state index in [0.717, 1.165) is 11.3 Å². The van der Waals surface area contributed by atoms with E-state index in [9.17, 15) is 4.79 Å². The Bertz CT molecular complexity index is 664. The molecule has 1 heterocycles. The monoisotopic (exact) mass is 302 g/mol. The average Bonchev–Trinajstić information content (AvgIpc) is 2.91. The smallest absolute Gasteiger partial charge is 0.263 e. The molecule has 2 rings (SSSR count). The molecule has 22 heavy (non-hydrogen) atoms. The van der Waals surface area contributed by atoms with E-state index in [0.29, 0.717) is 23.7 Å². The molecule has 0 saturated carbocycles. The molecule has 116 valence electrons. The van der Waals surface area contributed by atoms with Gasteiger partial charge in [0.1, 0.15) is 17.3 Å². The average molecular weight is 302 g/mol. The van der Waals surface area contributed by atoms with Crippen molar-refractivity contribution in [3.63, 3.8) is 0 Å². The van der Waals surface area contributed by atoms with Gasteiger partial charge < -0.3 is 19.3 Å². The number of nitrogens with zero attached hydrogens (tertiary/aromatic N) is 1. The van der Waals surface area contributed by atoms with Gasteiger partial charge >= 0.3 is 0 Å². The second-order valence-corrected chi connectivity index (χ2v) is 4.63. The number of carbonyl (C=O) groups excluding carboxylic acids is 1. The Labute approximate surface area is 128 Å². The predicted octanol–water partition coefficient (Wildman–Crippen LogP) is 2.74. The van der Waals surface area contributed by atoms with Gasteiger partial charge in [-0.05, 0) is 31.5 Å². The van der Waals surface area contributed by atoms with E-state index in [1.165, 1.54) is 0 Å². The van der Waals surface area contributed by atoms with E-state index < -0.39 is 0 Å². The minimum absolute atomic E-state index is 0.123. The summed E-state index contributed by atoms with van der Waals surface area (Å²) in [6.07, 6.45) is 2.39. The third-order valence-electron chi connectivity index (χ3n) is 2.89. The predicted molar refractivity (Wildman–Crippen MR) is 82.3 cm³/mol. The molecule has 1 aromatic heterocycles. The number of anilines is 1. The lowest BCUT2D eigenvalue weighted by Crippen LogP contribution is -2.20. The van der Waals surface area contributed by atoms with Gasteiger partial charge in [-0.3, -0.25) is 4.79 Å². The van der Waals surface area contributed by atoms with Crippen LogP contribution in [0.3, 0.4) is 0 Å². The molecule has 0 bridgehead atoms. The molecule has 0 aliphatic heterocycles. The molecule has 0 fully saturated rings. The van der Waals surface area contributed by atoms with Crippen molar-refractivity contribution in [1.82, 2.24) is 5.16 Å². The molecule has 2 aromatic rings. The maximum atomic E-state index is 11.8. The number of hydrogen-bond acceptors (Lipinski definition) is 5. The van der Waals surface area contributed by atoms with Crippen LogP contribution in [-0.4, -0.2) is 24.8 Å². The number of carbonyl (C=O) groups is 1. The summed E-state index contributed by atoms with van der Waals surface area (Å²) in [5, 5.41) is 6.28. The van der Waals surface area contributed by atoms with Crippen LogP contribution in [0.2, 0.25) is 0 Å². The van der Waals surface area contributed by atoms with E-state index in [1.54, 1.807) is 38.3 Å². The number of amides is 1. The van der Waals surface area contributed by atoms with Gasteiger partial charge in [-0.1, -0.05) is 11.2 Å². The molecule has 6 heteroatoms. The molecule has 0 aliphatic carbocycles. The zero-order valence-corrected chi connectivity index (χ0v) is 12.6. The molecule has 0 aliphatic rings. The summed E-state index contributed by atoms with van der Waals surface area (Å²) in [7, 11) is 1.60. The summed E-state index contributed by atoms with van der Waals surface area (Å²) in [5.41, 5.74) is 0.902. The summed E-state index contributed by atoms with van der Waals surface area (Å²) in [6, 6.07) is 7.04. The number of hydrogen-bond donors (Lipinski definition) is 1. The summed E-state index contributed by atoms with van der Waals surface area (Å²) in [6.45, 7) is 5.34. The van der Waals surface area contributed by atoms with Crippen molar-refractivity contribution in [3.05, 3.63) is 48.2 Å². The quantitative estimate of drug-likeness (QED) is 0.796. The zero-order chi connectivity index (χ0) is 15.9. The van der Waals surface area contributed by atoms with Crippen LogP contribution in [0.4, 0.5) is 5.82 Å². The second kappa shape index (κ2) is 7.31. The fourth-order valence-electron chi connectivity index (χ4n) is 1.89. The SMILES string of the molecule is C=CCc1cc(OC)ccc1OCC(=O)Nc1cc(C)on1. The molecule has 1 N–H and O–H groups in total. The number of methoxy groups -OCH3 is 1. The van der Waals surface area contributed by atoms with Gasteiger partial charge in [0, 0.05) is 11.6 Å². The van der Waals surface area contributed by atoms with Crippen molar-refractivity contribution >= 4 is 11.7 Å². The lowest BCUT2D eigenvalue weighted by Gasteiger charge is -2.11. The number of allylic oxidation sites excluding steroid dienone is 1. The van der Waals surface area contributed by atoms with Crippen LogP contribution >= 0.6 is 0 Å². The normalized spacial score (nSPS) is 10.1. The zero-order valence-electron chi connectivity index (χ0n) is 12.6. The van der Waals surface area contributed by atoms with Crippen LogP contribution in [-0.2, 0) is 11.2 Å². The maximum absolute atomic E-state index is 11.8. The molecule has 0 saturated heterocycles. The Kier molecular flexibility index (Phi) is 5.19. The van der Waals surface area contributed by atoms with E-state index >= 15 is 0 Å². The second-order valence-electron chi connectivity index (χ2n) is 4.63. The van der Waals surface area contributed by atoms with Crippen molar-refractivity contribution in [2.75, 3.05) is 19.0 Å².